The number of para-hydroxylation sites is 1. The van der Waals surface area contributed by atoms with Gasteiger partial charge in [0.2, 0.25) is 6.04 Å². The van der Waals surface area contributed by atoms with Crippen molar-refractivity contribution >= 4 is 11.6 Å². The standard InChI is InChI=1S/C26H36N2O7/c1-15(2)18-10-9-16(3)11-22(18)35-24-26(30)12-17(14-34-24)21(28(31)32)13-25(26)19-7-5-6-8-20(19)27(33-4)23(25)29/h5-8,15-18,21-22,24,30H,9-14H2,1-4H3/t16?,17?,18?,21?,22?,24-,25?,26?/m1/s1. The first-order valence-electron chi connectivity index (χ1n) is 12.7. The Bertz CT molecular complexity index is 1000. The maximum Gasteiger partial charge on any atom is 0.265 e. The zero-order valence-corrected chi connectivity index (χ0v) is 20.9. The highest BCUT2D eigenvalue weighted by Gasteiger charge is 2.74. The monoisotopic (exact) mass is 488 g/mol. The van der Waals surface area contributed by atoms with Crippen LogP contribution in [0.3, 0.4) is 0 Å². The van der Waals surface area contributed by atoms with Crippen molar-refractivity contribution in [2.75, 3.05) is 18.8 Å². The third-order valence-corrected chi connectivity index (χ3v) is 9.07. The summed E-state index contributed by atoms with van der Waals surface area (Å²) in [5.41, 5.74) is -2.36. The van der Waals surface area contributed by atoms with E-state index in [4.69, 9.17) is 14.3 Å². The molecule has 3 fully saturated rings. The first-order valence-corrected chi connectivity index (χ1v) is 12.7. The van der Waals surface area contributed by atoms with Crippen LogP contribution < -0.4 is 5.06 Å². The number of hydrogen-bond donors (Lipinski definition) is 1. The van der Waals surface area contributed by atoms with Crippen LogP contribution in [-0.4, -0.2) is 53.7 Å². The van der Waals surface area contributed by atoms with E-state index >= 15 is 0 Å². The van der Waals surface area contributed by atoms with E-state index in [9.17, 15) is 20.0 Å². The fourth-order valence-corrected chi connectivity index (χ4v) is 7.22. The lowest BCUT2D eigenvalue weighted by Gasteiger charge is -2.56. The second-order valence-corrected chi connectivity index (χ2v) is 11.3. The molecule has 192 valence electrons. The number of ether oxygens (including phenoxy) is 2. The van der Waals surface area contributed by atoms with Gasteiger partial charge in [-0.3, -0.25) is 19.7 Å². The molecule has 2 saturated carbocycles. The van der Waals surface area contributed by atoms with Crippen molar-refractivity contribution in [1.29, 1.82) is 0 Å². The van der Waals surface area contributed by atoms with Gasteiger partial charge in [-0.15, -0.1) is 0 Å². The van der Waals surface area contributed by atoms with E-state index in [1.165, 1.54) is 7.11 Å². The Kier molecular flexibility index (Phi) is 6.19. The number of aliphatic hydroxyl groups is 1. The average molecular weight is 489 g/mol. The molecule has 9 heteroatoms. The number of hydrogen-bond acceptors (Lipinski definition) is 7. The average Bonchev–Trinajstić information content (AvgIpc) is 3.06. The van der Waals surface area contributed by atoms with Crippen molar-refractivity contribution in [3.8, 4) is 0 Å². The molecule has 1 N–H and O–H groups in total. The van der Waals surface area contributed by atoms with Crippen LogP contribution in [0.2, 0.25) is 0 Å². The van der Waals surface area contributed by atoms with Crippen molar-refractivity contribution in [3.63, 3.8) is 0 Å². The van der Waals surface area contributed by atoms with E-state index in [0.717, 1.165) is 24.3 Å². The fourth-order valence-electron chi connectivity index (χ4n) is 7.22. The van der Waals surface area contributed by atoms with Gasteiger partial charge in [-0.2, -0.15) is 5.06 Å². The molecule has 2 aliphatic heterocycles. The molecule has 2 bridgehead atoms. The molecule has 1 aromatic rings. The molecular weight excluding hydrogens is 452 g/mol. The molecule has 2 aliphatic carbocycles. The Morgan fingerprint density at radius 1 is 1.26 bits per heavy atom. The zero-order chi connectivity index (χ0) is 25.1. The number of anilines is 1. The Labute approximate surface area is 205 Å². The van der Waals surface area contributed by atoms with Crippen molar-refractivity contribution < 1.29 is 29.1 Å². The third kappa shape index (κ3) is 3.54. The van der Waals surface area contributed by atoms with E-state index in [-0.39, 0.29) is 30.5 Å². The minimum atomic E-state index is -1.77. The van der Waals surface area contributed by atoms with E-state index in [2.05, 4.69) is 20.8 Å². The summed E-state index contributed by atoms with van der Waals surface area (Å²) in [6.07, 6.45) is 1.73. The number of rotatable bonds is 5. The summed E-state index contributed by atoms with van der Waals surface area (Å²) in [5, 5.41) is 25.7. The lowest BCUT2D eigenvalue weighted by atomic mass is 9.55. The van der Waals surface area contributed by atoms with E-state index in [1.54, 1.807) is 24.3 Å². The number of benzene rings is 1. The Balaban J connectivity index is 1.60. The normalized spacial score (nSPS) is 40.9. The molecule has 8 atom stereocenters. The molecule has 35 heavy (non-hydrogen) atoms. The Hall–Kier alpha value is -2.07. The van der Waals surface area contributed by atoms with Gasteiger partial charge >= 0.3 is 0 Å². The maximum atomic E-state index is 14.0. The van der Waals surface area contributed by atoms with Crippen LogP contribution >= 0.6 is 0 Å². The van der Waals surface area contributed by atoms with E-state index in [1.807, 2.05) is 0 Å². The van der Waals surface area contributed by atoms with Gasteiger partial charge in [0.25, 0.3) is 5.91 Å². The second-order valence-electron chi connectivity index (χ2n) is 11.3. The first kappa shape index (κ1) is 24.6. The summed E-state index contributed by atoms with van der Waals surface area (Å²) >= 11 is 0. The number of carbonyl (C=O) groups is 1. The van der Waals surface area contributed by atoms with Crippen molar-refractivity contribution in [2.24, 2.45) is 23.7 Å². The van der Waals surface area contributed by atoms with Crippen molar-refractivity contribution in [3.05, 3.63) is 39.9 Å². The lowest BCUT2D eigenvalue weighted by molar-refractivity contribution is -0.547. The van der Waals surface area contributed by atoms with Crippen LogP contribution in [0.5, 0.6) is 0 Å². The number of carbonyl (C=O) groups excluding carboxylic acids is 1. The third-order valence-electron chi connectivity index (χ3n) is 9.07. The number of nitro groups is 1. The minimum Gasteiger partial charge on any atom is -0.383 e. The van der Waals surface area contributed by atoms with Gasteiger partial charge in [-0.25, -0.2) is 0 Å². The van der Waals surface area contributed by atoms with Gasteiger partial charge in [0.05, 0.1) is 31.4 Å². The van der Waals surface area contributed by atoms with Gasteiger partial charge in [-0.1, -0.05) is 45.4 Å². The van der Waals surface area contributed by atoms with Gasteiger partial charge in [0.15, 0.2) is 6.29 Å². The van der Waals surface area contributed by atoms with E-state index in [0.29, 0.717) is 29.0 Å². The zero-order valence-electron chi connectivity index (χ0n) is 20.9. The molecule has 7 unspecified atom stereocenters. The topological polar surface area (TPSA) is 111 Å². The number of nitrogens with zero attached hydrogens (tertiary/aromatic N) is 2. The molecule has 4 aliphatic rings. The Morgan fingerprint density at radius 2 is 2.00 bits per heavy atom. The molecule has 0 radical (unpaired) electrons. The van der Waals surface area contributed by atoms with Crippen LogP contribution in [-0.2, 0) is 24.5 Å². The Morgan fingerprint density at radius 3 is 2.69 bits per heavy atom. The molecular formula is C26H36N2O7. The molecule has 1 saturated heterocycles. The van der Waals surface area contributed by atoms with Crippen LogP contribution in [0.4, 0.5) is 5.69 Å². The molecule has 0 aromatic heterocycles. The molecule has 2 heterocycles. The van der Waals surface area contributed by atoms with Crippen LogP contribution in [0, 0.1) is 33.8 Å². The highest BCUT2D eigenvalue weighted by atomic mass is 16.7. The number of amides is 1. The van der Waals surface area contributed by atoms with Gasteiger partial charge in [-0.05, 0) is 48.6 Å². The smallest absolute Gasteiger partial charge is 0.265 e. The van der Waals surface area contributed by atoms with E-state index < -0.39 is 35.2 Å². The van der Waals surface area contributed by atoms with Gasteiger partial charge in [0, 0.05) is 11.3 Å². The first-order chi connectivity index (χ1) is 16.6. The summed E-state index contributed by atoms with van der Waals surface area (Å²) in [6.45, 7) is 6.68. The van der Waals surface area contributed by atoms with Crippen molar-refractivity contribution in [2.45, 2.75) is 82.3 Å². The van der Waals surface area contributed by atoms with Gasteiger partial charge in [0.1, 0.15) is 11.0 Å². The largest absolute Gasteiger partial charge is 0.383 e. The van der Waals surface area contributed by atoms with Gasteiger partial charge < -0.3 is 14.6 Å². The quantitative estimate of drug-likeness (QED) is 0.499. The summed E-state index contributed by atoms with van der Waals surface area (Å²) in [5.74, 6) is 0.173. The minimum absolute atomic E-state index is 0.0512. The van der Waals surface area contributed by atoms with Crippen LogP contribution in [0.25, 0.3) is 0 Å². The van der Waals surface area contributed by atoms with Crippen molar-refractivity contribution in [1.82, 2.24) is 0 Å². The second kappa shape index (κ2) is 8.80. The summed E-state index contributed by atoms with van der Waals surface area (Å²) in [4.78, 5) is 31.2. The number of hydroxylamine groups is 1. The molecule has 1 amide bonds. The predicted molar refractivity (Wildman–Crippen MR) is 127 cm³/mol. The highest BCUT2D eigenvalue weighted by molar-refractivity contribution is 6.08. The van der Waals surface area contributed by atoms with Crippen LogP contribution in [0.1, 0.15) is 58.4 Å². The molecule has 5 rings (SSSR count). The SMILES string of the molecule is CON1C(=O)C2(CC([N+](=O)[O-])C3CO[C@H](OC4CC(C)CCC4C(C)C)C2(O)C3)c2ccccc21. The summed E-state index contributed by atoms with van der Waals surface area (Å²) < 4.78 is 12.8. The molecule has 9 nitrogen and oxygen atoms in total. The lowest BCUT2D eigenvalue weighted by Crippen LogP contribution is -2.72. The summed E-state index contributed by atoms with van der Waals surface area (Å²) in [6, 6.07) is 6.02. The number of fused-ring (bicyclic) bond motifs is 5. The highest BCUT2D eigenvalue weighted by Crippen LogP contribution is 2.59. The predicted octanol–water partition coefficient (Wildman–Crippen LogP) is 3.45. The molecule has 1 spiro atoms. The van der Waals surface area contributed by atoms with Crippen LogP contribution in [0.15, 0.2) is 24.3 Å². The summed E-state index contributed by atoms with van der Waals surface area (Å²) in [7, 11) is 1.39. The molecule has 1 aromatic carbocycles. The fraction of sp³-hybridized carbons (Fsp3) is 0.731. The maximum absolute atomic E-state index is 14.0.